The van der Waals surface area contributed by atoms with Crippen LogP contribution in [0.4, 0.5) is 5.13 Å². The van der Waals surface area contributed by atoms with Crippen LogP contribution in [-0.2, 0) is 16.0 Å². The molecule has 0 radical (unpaired) electrons. The molecule has 8 heteroatoms. The molecule has 0 aliphatic heterocycles. The molecule has 1 N–H and O–H groups in total. The van der Waals surface area contributed by atoms with Crippen LogP contribution >= 0.6 is 43.2 Å². The number of hydrogen-bond acceptors (Lipinski definition) is 6. The largest absolute Gasteiger partial charge is 0.466 e. The standard InChI is InChI=1S/C14H13Br2N3O2S/c1-2-21-13(20)6-9-8-22-14(18-9)19-17-7-10-11(15)4-3-5-12(10)16/h3-5,7-8H,2,6H2,1H3,(H,18,19). The van der Waals surface area contributed by atoms with E-state index in [-0.39, 0.29) is 12.4 Å². The van der Waals surface area contributed by atoms with Crippen molar-refractivity contribution < 1.29 is 9.53 Å². The van der Waals surface area contributed by atoms with Crippen LogP contribution in [0.2, 0.25) is 0 Å². The van der Waals surface area contributed by atoms with Crippen LogP contribution in [0.1, 0.15) is 18.2 Å². The number of rotatable bonds is 6. The zero-order chi connectivity index (χ0) is 15.9. The summed E-state index contributed by atoms with van der Waals surface area (Å²) in [7, 11) is 0. The van der Waals surface area contributed by atoms with E-state index in [9.17, 15) is 4.79 Å². The van der Waals surface area contributed by atoms with Crippen LogP contribution in [0.3, 0.4) is 0 Å². The van der Waals surface area contributed by atoms with Gasteiger partial charge in [-0.25, -0.2) is 4.98 Å². The van der Waals surface area contributed by atoms with Gasteiger partial charge in [0.15, 0.2) is 0 Å². The first-order chi connectivity index (χ1) is 10.6. The van der Waals surface area contributed by atoms with E-state index in [2.05, 4.69) is 47.4 Å². The second kappa shape index (κ2) is 8.40. The molecular formula is C14H13Br2N3O2S. The van der Waals surface area contributed by atoms with Crippen molar-refractivity contribution in [2.75, 3.05) is 12.0 Å². The molecule has 0 aliphatic carbocycles. The highest BCUT2D eigenvalue weighted by Gasteiger charge is 2.08. The van der Waals surface area contributed by atoms with Crippen LogP contribution in [0.15, 0.2) is 37.6 Å². The number of anilines is 1. The Balaban J connectivity index is 1.96. The zero-order valence-corrected chi connectivity index (χ0v) is 15.7. The number of hydrazone groups is 1. The predicted molar refractivity (Wildman–Crippen MR) is 95.5 cm³/mol. The molecule has 1 aromatic carbocycles. The van der Waals surface area contributed by atoms with Gasteiger partial charge in [-0.05, 0) is 19.1 Å². The van der Waals surface area contributed by atoms with E-state index >= 15 is 0 Å². The molecule has 0 fully saturated rings. The minimum Gasteiger partial charge on any atom is -0.466 e. The maximum absolute atomic E-state index is 11.4. The SMILES string of the molecule is CCOC(=O)Cc1csc(NN=Cc2c(Br)cccc2Br)n1. The monoisotopic (exact) mass is 445 g/mol. The molecule has 116 valence electrons. The van der Waals surface area contributed by atoms with Crippen LogP contribution in [-0.4, -0.2) is 23.8 Å². The smallest absolute Gasteiger partial charge is 0.311 e. The van der Waals surface area contributed by atoms with Crippen LogP contribution < -0.4 is 5.43 Å². The Kier molecular flexibility index (Phi) is 6.53. The van der Waals surface area contributed by atoms with E-state index in [1.165, 1.54) is 11.3 Å². The van der Waals surface area contributed by atoms with Crippen molar-refractivity contribution >= 4 is 60.5 Å². The molecule has 1 heterocycles. The van der Waals surface area contributed by atoms with E-state index in [0.29, 0.717) is 17.4 Å². The Morgan fingerprint density at radius 2 is 2.18 bits per heavy atom. The van der Waals surface area contributed by atoms with Gasteiger partial charge >= 0.3 is 5.97 Å². The molecule has 22 heavy (non-hydrogen) atoms. The van der Waals surface area contributed by atoms with Gasteiger partial charge in [-0.3, -0.25) is 10.2 Å². The number of thiazole rings is 1. The lowest BCUT2D eigenvalue weighted by atomic mass is 10.2. The lowest BCUT2D eigenvalue weighted by molar-refractivity contribution is -0.142. The Morgan fingerprint density at radius 1 is 1.45 bits per heavy atom. The quantitative estimate of drug-likeness (QED) is 0.410. The van der Waals surface area contributed by atoms with E-state index in [4.69, 9.17) is 4.74 Å². The lowest BCUT2D eigenvalue weighted by Gasteiger charge is -2.01. The average Bonchev–Trinajstić information content (AvgIpc) is 2.90. The summed E-state index contributed by atoms with van der Waals surface area (Å²) in [4.78, 5) is 15.7. The van der Waals surface area contributed by atoms with Crippen LogP contribution in [0.5, 0.6) is 0 Å². The highest BCUT2D eigenvalue weighted by Crippen LogP contribution is 2.23. The number of hydrogen-bond donors (Lipinski definition) is 1. The zero-order valence-electron chi connectivity index (χ0n) is 11.7. The summed E-state index contributed by atoms with van der Waals surface area (Å²) in [5.74, 6) is -0.278. The van der Waals surface area contributed by atoms with Gasteiger partial charge < -0.3 is 4.74 Å². The Bertz CT molecular complexity index is 668. The number of carbonyl (C=O) groups is 1. The van der Waals surface area contributed by atoms with Crippen molar-refractivity contribution in [2.24, 2.45) is 5.10 Å². The molecule has 0 unspecified atom stereocenters. The third-order valence-corrected chi connectivity index (χ3v) is 4.71. The summed E-state index contributed by atoms with van der Waals surface area (Å²) in [6, 6.07) is 5.81. The first-order valence-corrected chi connectivity index (χ1v) is 8.89. The molecule has 0 aliphatic rings. The van der Waals surface area contributed by atoms with Crippen molar-refractivity contribution in [1.29, 1.82) is 0 Å². The summed E-state index contributed by atoms with van der Waals surface area (Å²) in [5, 5.41) is 6.59. The van der Waals surface area contributed by atoms with E-state index in [1.54, 1.807) is 13.1 Å². The van der Waals surface area contributed by atoms with Gasteiger partial charge in [0, 0.05) is 19.9 Å². The molecule has 0 amide bonds. The number of carbonyl (C=O) groups excluding carboxylic acids is 1. The fourth-order valence-corrected chi connectivity index (χ4v) is 3.45. The van der Waals surface area contributed by atoms with Crippen molar-refractivity contribution in [3.05, 3.63) is 43.8 Å². The van der Waals surface area contributed by atoms with Crippen LogP contribution in [0, 0.1) is 0 Å². The van der Waals surface area contributed by atoms with E-state index in [0.717, 1.165) is 14.5 Å². The van der Waals surface area contributed by atoms with Gasteiger partial charge in [-0.15, -0.1) is 11.3 Å². The van der Waals surface area contributed by atoms with Crippen molar-refractivity contribution in [3.8, 4) is 0 Å². The summed E-state index contributed by atoms with van der Waals surface area (Å²) < 4.78 is 6.76. The van der Waals surface area contributed by atoms with Gasteiger partial charge in [0.05, 0.1) is 24.9 Å². The second-order valence-corrected chi connectivity index (χ2v) is 6.70. The molecule has 1 aromatic heterocycles. The first kappa shape index (κ1) is 17.1. The number of nitrogens with one attached hydrogen (secondary N) is 1. The number of ether oxygens (including phenoxy) is 1. The highest BCUT2D eigenvalue weighted by molar-refractivity contribution is 9.11. The van der Waals surface area contributed by atoms with Gasteiger partial charge in [-0.1, -0.05) is 37.9 Å². The molecule has 5 nitrogen and oxygen atoms in total. The normalized spacial score (nSPS) is 10.9. The Morgan fingerprint density at radius 3 is 2.86 bits per heavy atom. The predicted octanol–water partition coefficient (Wildman–Crippen LogP) is 4.22. The summed E-state index contributed by atoms with van der Waals surface area (Å²) in [6.07, 6.45) is 1.87. The number of nitrogens with zero attached hydrogens (tertiary/aromatic N) is 2. The van der Waals surface area contributed by atoms with Gasteiger partial charge in [-0.2, -0.15) is 5.10 Å². The minimum atomic E-state index is -0.278. The molecule has 0 saturated carbocycles. The number of benzene rings is 1. The lowest BCUT2D eigenvalue weighted by Crippen LogP contribution is -2.07. The molecular weight excluding hydrogens is 434 g/mol. The molecule has 2 rings (SSSR count). The minimum absolute atomic E-state index is 0.172. The third kappa shape index (κ3) is 4.89. The van der Waals surface area contributed by atoms with Crippen LogP contribution in [0.25, 0.3) is 0 Å². The third-order valence-electron chi connectivity index (χ3n) is 2.54. The highest BCUT2D eigenvalue weighted by atomic mass is 79.9. The number of esters is 1. The Labute approximate surface area is 149 Å². The number of aromatic nitrogens is 1. The fraction of sp³-hybridized carbons (Fsp3) is 0.214. The summed E-state index contributed by atoms with van der Waals surface area (Å²) >= 11 is 8.32. The van der Waals surface area contributed by atoms with Gasteiger partial charge in [0.25, 0.3) is 0 Å². The second-order valence-electron chi connectivity index (χ2n) is 4.13. The van der Waals surface area contributed by atoms with E-state index < -0.39 is 0 Å². The summed E-state index contributed by atoms with van der Waals surface area (Å²) in [5.41, 5.74) is 4.45. The van der Waals surface area contributed by atoms with Gasteiger partial charge in [0.1, 0.15) is 0 Å². The summed E-state index contributed by atoms with van der Waals surface area (Å²) in [6.45, 7) is 2.15. The fourth-order valence-electron chi connectivity index (χ4n) is 1.59. The molecule has 0 atom stereocenters. The molecule has 0 spiro atoms. The number of halogens is 2. The molecule has 0 saturated heterocycles. The van der Waals surface area contributed by atoms with Crippen molar-refractivity contribution in [3.63, 3.8) is 0 Å². The first-order valence-electron chi connectivity index (χ1n) is 6.43. The topological polar surface area (TPSA) is 63.6 Å². The molecule has 2 aromatic rings. The Hall–Kier alpha value is -1.25. The van der Waals surface area contributed by atoms with Crippen molar-refractivity contribution in [2.45, 2.75) is 13.3 Å². The molecule has 0 bridgehead atoms. The maximum Gasteiger partial charge on any atom is 0.311 e. The van der Waals surface area contributed by atoms with Gasteiger partial charge in [0.2, 0.25) is 5.13 Å². The maximum atomic E-state index is 11.4. The average molecular weight is 447 g/mol. The van der Waals surface area contributed by atoms with E-state index in [1.807, 2.05) is 23.6 Å². The van der Waals surface area contributed by atoms with Crippen molar-refractivity contribution in [1.82, 2.24) is 4.98 Å².